The summed E-state index contributed by atoms with van der Waals surface area (Å²) in [4.78, 5) is 9.93. The Morgan fingerprint density at radius 3 is 2.47 bits per heavy atom. The second-order valence-electron chi connectivity index (χ2n) is 3.72. The van der Waals surface area contributed by atoms with Crippen molar-refractivity contribution >= 4 is 34.9 Å². The highest BCUT2D eigenvalue weighted by Crippen LogP contribution is 2.13. The Labute approximate surface area is 111 Å². The fraction of sp³-hybridized carbons (Fsp3) is 0.417. The quantitative estimate of drug-likeness (QED) is 0.751. The molecule has 0 bridgehead atoms. The number of carbonyl (C=O) groups is 1. The van der Waals surface area contributed by atoms with Crippen LogP contribution in [0.3, 0.4) is 0 Å². The number of carboxylic acids is 1. The first-order valence-corrected chi connectivity index (χ1v) is 6.28. The van der Waals surface area contributed by atoms with Crippen LogP contribution in [0.15, 0.2) is 24.3 Å². The molecule has 0 amide bonds. The molecule has 2 N–H and O–H groups in total. The lowest BCUT2D eigenvalue weighted by molar-refractivity contribution is -0.137. The number of alkyl halides is 2. The average molecular weight is 276 g/mol. The van der Waals surface area contributed by atoms with Crippen molar-refractivity contribution in [1.82, 2.24) is 0 Å². The molecule has 0 saturated heterocycles. The van der Waals surface area contributed by atoms with E-state index in [4.69, 9.17) is 28.3 Å². The van der Waals surface area contributed by atoms with Crippen LogP contribution in [0.25, 0.3) is 0 Å². The second kappa shape index (κ2) is 7.41. The van der Waals surface area contributed by atoms with E-state index in [-0.39, 0.29) is 6.42 Å². The van der Waals surface area contributed by atoms with Crippen LogP contribution in [0, 0.1) is 0 Å². The number of hydrogen-bond donors (Lipinski definition) is 2. The molecule has 5 heteroatoms. The number of aryl methyl sites for hydroxylation is 1. The fourth-order valence-corrected chi connectivity index (χ4v) is 1.58. The molecule has 0 spiro atoms. The Kier molecular flexibility index (Phi) is 6.16. The number of nitrogens with one attached hydrogen (secondary N) is 1. The molecule has 0 aliphatic carbocycles. The zero-order valence-corrected chi connectivity index (χ0v) is 10.8. The average Bonchev–Trinajstić information content (AvgIpc) is 2.27. The number of anilines is 1. The Balaban J connectivity index is 2.36. The van der Waals surface area contributed by atoms with Gasteiger partial charge in [0.05, 0.1) is 0 Å². The first-order valence-electron chi connectivity index (χ1n) is 5.40. The van der Waals surface area contributed by atoms with Crippen LogP contribution >= 0.6 is 23.2 Å². The maximum absolute atomic E-state index is 10.4. The minimum Gasteiger partial charge on any atom is -0.481 e. The van der Waals surface area contributed by atoms with Crippen molar-refractivity contribution in [2.24, 2.45) is 0 Å². The summed E-state index contributed by atoms with van der Waals surface area (Å²) in [5, 5.41) is 11.6. The normalized spacial score (nSPS) is 10.5. The molecule has 0 radical (unpaired) electrons. The maximum Gasteiger partial charge on any atom is 0.303 e. The molecule has 0 aliphatic rings. The van der Waals surface area contributed by atoms with Crippen LogP contribution in [0.5, 0.6) is 0 Å². The predicted molar refractivity (Wildman–Crippen MR) is 71.0 cm³/mol. The van der Waals surface area contributed by atoms with Gasteiger partial charge in [-0.2, -0.15) is 0 Å². The third kappa shape index (κ3) is 6.39. The van der Waals surface area contributed by atoms with Crippen molar-refractivity contribution in [1.29, 1.82) is 0 Å². The van der Waals surface area contributed by atoms with E-state index >= 15 is 0 Å². The first kappa shape index (κ1) is 14.1. The standard InChI is InChI=1S/C12H15Cl2NO2/c13-11(14)8-15-10-6-4-9(5-7-10)2-1-3-12(16)17/h4-7,11,15H,1-3,8H2,(H,16,17). The van der Waals surface area contributed by atoms with Gasteiger partial charge in [0.25, 0.3) is 0 Å². The molecule has 0 saturated carbocycles. The molecule has 0 fully saturated rings. The Morgan fingerprint density at radius 1 is 1.29 bits per heavy atom. The summed E-state index contributed by atoms with van der Waals surface area (Å²) in [6.45, 7) is 0.501. The van der Waals surface area contributed by atoms with Gasteiger partial charge < -0.3 is 10.4 Å². The largest absolute Gasteiger partial charge is 0.481 e. The molecule has 1 aromatic carbocycles. The van der Waals surface area contributed by atoms with Crippen LogP contribution in [0.2, 0.25) is 0 Å². The van der Waals surface area contributed by atoms with Gasteiger partial charge in [-0.25, -0.2) is 0 Å². The number of carboxylic acid groups (broad SMARTS) is 1. The van der Waals surface area contributed by atoms with Gasteiger partial charge in [0.15, 0.2) is 0 Å². The summed E-state index contributed by atoms with van der Waals surface area (Å²) in [5.41, 5.74) is 2.09. The summed E-state index contributed by atoms with van der Waals surface area (Å²) in [7, 11) is 0. The number of rotatable bonds is 7. The van der Waals surface area contributed by atoms with Gasteiger partial charge in [0, 0.05) is 18.7 Å². The van der Waals surface area contributed by atoms with Gasteiger partial charge >= 0.3 is 5.97 Å². The molecule has 0 unspecified atom stereocenters. The number of benzene rings is 1. The fourth-order valence-electron chi connectivity index (χ4n) is 1.43. The molecule has 1 aromatic rings. The van der Waals surface area contributed by atoms with Gasteiger partial charge in [-0.3, -0.25) is 4.79 Å². The molecular formula is C12H15Cl2NO2. The van der Waals surface area contributed by atoms with Crippen molar-refractivity contribution in [2.75, 3.05) is 11.9 Å². The lowest BCUT2D eigenvalue weighted by atomic mass is 10.1. The van der Waals surface area contributed by atoms with Crippen molar-refractivity contribution in [3.63, 3.8) is 0 Å². The molecule has 0 aromatic heterocycles. The van der Waals surface area contributed by atoms with Crippen LogP contribution in [-0.4, -0.2) is 22.5 Å². The molecule has 17 heavy (non-hydrogen) atoms. The highest BCUT2D eigenvalue weighted by atomic mass is 35.5. The molecule has 1 rings (SSSR count). The van der Waals surface area contributed by atoms with Crippen LogP contribution in [0.4, 0.5) is 5.69 Å². The van der Waals surface area contributed by atoms with Gasteiger partial charge in [-0.15, -0.1) is 23.2 Å². The molecule has 0 atom stereocenters. The molecule has 0 aliphatic heterocycles. The van der Waals surface area contributed by atoms with Gasteiger partial charge in [0.1, 0.15) is 4.84 Å². The minimum atomic E-state index is -0.751. The van der Waals surface area contributed by atoms with E-state index in [1.807, 2.05) is 24.3 Å². The van der Waals surface area contributed by atoms with E-state index in [0.717, 1.165) is 17.7 Å². The van der Waals surface area contributed by atoms with E-state index in [1.54, 1.807) is 0 Å². The van der Waals surface area contributed by atoms with Crippen molar-refractivity contribution in [3.8, 4) is 0 Å². The Hall–Kier alpha value is -0.930. The summed E-state index contributed by atoms with van der Waals surface area (Å²) in [5.74, 6) is -0.751. The Morgan fingerprint density at radius 2 is 1.94 bits per heavy atom. The first-order chi connectivity index (χ1) is 8.08. The van der Waals surface area contributed by atoms with E-state index in [2.05, 4.69) is 5.32 Å². The third-order valence-corrected chi connectivity index (χ3v) is 2.58. The second-order valence-corrected chi connectivity index (χ2v) is 4.99. The summed E-state index contributed by atoms with van der Waals surface area (Å²) in [6, 6.07) is 7.82. The van der Waals surface area contributed by atoms with Gasteiger partial charge in [0.2, 0.25) is 0 Å². The predicted octanol–water partition coefficient (Wildman–Crippen LogP) is 3.31. The van der Waals surface area contributed by atoms with Crippen molar-refractivity contribution in [3.05, 3.63) is 29.8 Å². The monoisotopic (exact) mass is 275 g/mol. The number of halogens is 2. The highest BCUT2D eigenvalue weighted by Gasteiger charge is 2.00. The van der Waals surface area contributed by atoms with Gasteiger partial charge in [-0.05, 0) is 30.5 Å². The lowest BCUT2D eigenvalue weighted by Gasteiger charge is -2.07. The van der Waals surface area contributed by atoms with E-state index in [0.29, 0.717) is 13.0 Å². The van der Waals surface area contributed by atoms with E-state index < -0.39 is 10.8 Å². The lowest BCUT2D eigenvalue weighted by Crippen LogP contribution is -2.08. The zero-order valence-electron chi connectivity index (χ0n) is 9.33. The molecular weight excluding hydrogens is 261 g/mol. The molecule has 94 valence electrons. The SMILES string of the molecule is O=C(O)CCCc1ccc(NCC(Cl)Cl)cc1. The number of aliphatic carboxylic acids is 1. The van der Waals surface area contributed by atoms with E-state index in [9.17, 15) is 4.79 Å². The summed E-state index contributed by atoms with van der Waals surface area (Å²) in [6.07, 6.45) is 1.65. The third-order valence-electron chi connectivity index (χ3n) is 2.27. The smallest absolute Gasteiger partial charge is 0.303 e. The van der Waals surface area contributed by atoms with Crippen molar-refractivity contribution in [2.45, 2.75) is 24.1 Å². The van der Waals surface area contributed by atoms with Crippen molar-refractivity contribution < 1.29 is 9.90 Å². The minimum absolute atomic E-state index is 0.209. The van der Waals surface area contributed by atoms with Crippen LogP contribution in [0.1, 0.15) is 18.4 Å². The topological polar surface area (TPSA) is 49.3 Å². The number of hydrogen-bond acceptors (Lipinski definition) is 2. The molecule has 3 nitrogen and oxygen atoms in total. The summed E-state index contributed by atoms with van der Waals surface area (Å²) < 4.78 is 0. The van der Waals surface area contributed by atoms with Gasteiger partial charge in [-0.1, -0.05) is 12.1 Å². The maximum atomic E-state index is 10.4. The highest BCUT2D eigenvalue weighted by molar-refractivity contribution is 6.44. The Bertz CT molecular complexity index is 352. The zero-order chi connectivity index (χ0) is 12.7. The van der Waals surface area contributed by atoms with E-state index in [1.165, 1.54) is 0 Å². The summed E-state index contributed by atoms with van der Waals surface area (Å²) >= 11 is 11.2. The van der Waals surface area contributed by atoms with Crippen LogP contribution < -0.4 is 5.32 Å². The molecule has 0 heterocycles. The van der Waals surface area contributed by atoms with Crippen LogP contribution in [-0.2, 0) is 11.2 Å².